The van der Waals surface area contributed by atoms with Crippen molar-refractivity contribution in [3.05, 3.63) is 80.1 Å². The second kappa shape index (κ2) is 8.56. The Bertz CT molecular complexity index is 1480. The highest BCUT2D eigenvalue weighted by Crippen LogP contribution is 2.43. The number of nitrogens with one attached hydrogen (secondary N) is 2. The molecule has 0 saturated heterocycles. The first-order valence-electron chi connectivity index (χ1n) is 11.0. The van der Waals surface area contributed by atoms with Gasteiger partial charge in [0, 0.05) is 29.4 Å². The minimum absolute atomic E-state index is 0.239. The first-order chi connectivity index (χ1) is 15.9. The average molecular weight is 484 g/mol. The number of methoxy groups -OCH3 is 1. The van der Waals surface area contributed by atoms with Crippen molar-refractivity contribution in [2.75, 3.05) is 13.4 Å². The Balaban J connectivity index is 1.91. The molecule has 9 heteroatoms. The summed E-state index contributed by atoms with van der Waals surface area (Å²) in [6.07, 6.45) is 4.08. The molecule has 8 nitrogen and oxygen atoms in total. The maximum atomic E-state index is 12.5. The second-order valence-electron chi connectivity index (χ2n) is 9.70. The van der Waals surface area contributed by atoms with Crippen LogP contribution in [-0.2, 0) is 21.9 Å². The van der Waals surface area contributed by atoms with Gasteiger partial charge >= 0.3 is 5.69 Å². The highest BCUT2D eigenvalue weighted by Gasteiger charge is 2.27. The molecule has 0 radical (unpaired) electrons. The number of nitrogens with zero attached hydrogens (tertiary/aromatic N) is 1. The first-order valence-corrected chi connectivity index (χ1v) is 12.9. The van der Waals surface area contributed by atoms with Gasteiger partial charge < -0.3 is 4.74 Å². The van der Waals surface area contributed by atoms with Gasteiger partial charge in [-0.3, -0.25) is 14.3 Å². The Labute approximate surface area is 198 Å². The predicted octanol–water partition coefficient (Wildman–Crippen LogP) is 3.04. The predicted molar refractivity (Wildman–Crippen MR) is 132 cm³/mol. The number of fused-ring (bicyclic) bond motifs is 1. The van der Waals surface area contributed by atoms with Gasteiger partial charge in [0.2, 0.25) is 10.0 Å². The van der Waals surface area contributed by atoms with Crippen LogP contribution >= 0.6 is 0 Å². The number of rotatable bonds is 5. The Morgan fingerprint density at radius 1 is 1.12 bits per heavy atom. The number of hydrogen-bond acceptors (Lipinski definition) is 5. The number of hydrogen-bond donors (Lipinski definition) is 2. The Kier molecular flexibility index (Phi) is 6.03. The summed E-state index contributed by atoms with van der Waals surface area (Å²) in [6.45, 7) is 6.20. The van der Waals surface area contributed by atoms with Crippen LogP contribution in [-0.4, -0.2) is 31.3 Å². The standard InChI is InChI=1S/C25H29N3O5S/c1-25(2,3)20-14-17(28-11-10-22(29)26-24(28)30)13-19(23(20)33-4)16-6-8-18-15(12-16)7-9-21(18)27-34(5,31)32/h6,8,10-14,21,27H,7,9H2,1-5H3,(H,26,29,30). The molecular formula is C25H29N3O5S. The van der Waals surface area contributed by atoms with Crippen LogP contribution in [0.3, 0.4) is 0 Å². The van der Waals surface area contributed by atoms with Crippen molar-refractivity contribution in [3.8, 4) is 22.6 Å². The van der Waals surface area contributed by atoms with Crippen molar-refractivity contribution in [2.24, 2.45) is 0 Å². The van der Waals surface area contributed by atoms with E-state index in [1.807, 2.05) is 24.3 Å². The van der Waals surface area contributed by atoms with Crippen LogP contribution < -0.4 is 20.7 Å². The summed E-state index contributed by atoms with van der Waals surface area (Å²) in [6, 6.07) is 10.8. The lowest BCUT2D eigenvalue weighted by molar-refractivity contribution is 0.399. The van der Waals surface area contributed by atoms with E-state index in [-0.39, 0.29) is 11.5 Å². The van der Waals surface area contributed by atoms with E-state index in [2.05, 4.69) is 36.5 Å². The highest BCUT2D eigenvalue weighted by atomic mass is 32.2. The Morgan fingerprint density at radius 2 is 1.85 bits per heavy atom. The molecule has 2 N–H and O–H groups in total. The second-order valence-corrected chi connectivity index (χ2v) is 11.5. The zero-order chi connectivity index (χ0) is 24.8. The van der Waals surface area contributed by atoms with Gasteiger partial charge in [0.25, 0.3) is 5.56 Å². The lowest BCUT2D eigenvalue weighted by Crippen LogP contribution is -2.27. The highest BCUT2D eigenvalue weighted by molar-refractivity contribution is 7.88. The minimum atomic E-state index is -3.32. The molecule has 180 valence electrons. The topological polar surface area (TPSA) is 110 Å². The minimum Gasteiger partial charge on any atom is -0.496 e. The summed E-state index contributed by atoms with van der Waals surface area (Å²) in [5, 5.41) is 0. The third-order valence-corrected chi connectivity index (χ3v) is 6.79. The zero-order valence-electron chi connectivity index (χ0n) is 19.9. The van der Waals surface area contributed by atoms with Crippen molar-refractivity contribution in [2.45, 2.75) is 45.1 Å². The quantitative estimate of drug-likeness (QED) is 0.580. The summed E-state index contributed by atoms with van der Waals surface area (Å²) in [5.41, 5.74) is 4.02. The van der Waals surface area contributed by atoms with Crippen molar-refractivity contribution < 1.29 is 13.2 Å². The van der Waals surface area contributed by atoms with Crippen molar-refractivity contribution >= 4 is 10.0 Å². The van der Waals surface area contributed by atoms with Gasteiger partial charge in [-0.2, -0.15) is 0 Å². The Hall–Kier alpha value is -3.17. The number of sulfonamides is 1. The molecule has 4 rings (SSSR count). The van der Waals surface area contributed by atoms with Gasteiger partial charge in [-0.15, -0.1) is 0 Å². The number of aromatic nitrogens is 2. The van der Waals surface area contributed by atoms with Gasteiger partial charge in [0.15, 0.2) is 0 Å². The van der Waals surface area contributed by atoms with Gasteiger partial charge in [-0.1, -0.05) is 39.0 Å². The molecule has 34 heavy (non-hydrogen) atoms. The smallest absolute Gasteiger partial charge is 0.332 e. The molecule has 3 aromatic rings. The number of benzene rings is 2. The van der Waals surface area contributed by atoms with E-state index in [4.69, 9.17) is 4.74 Å². The first kappa shape index (κ1) is 24.0. The number of H-pyrrole nitrogens is 1. The van der Waals surface area contributed by atoms with E-state index < -0.39 is 21.3 Å². The maximum absolute atomic E-state index is 12.5. The molecule has 1 atom stereocenters. The van der Waals surface area contributed by atoms with Crippen LogP contribution in [0.2, 0.25) is 0 Å². The molecule has 0 amide bonds. The molecule has 0 bridgehead atoms. The molecule has 1 aliphatic rings. The molecule has 0 saturated carbocycles. The fourth-order valence-electron chi connectivity index (χ4n) is 4.53. The van der Waals surface area contributed by atoms with Gasteiger partial charge in [0.1, 0.15) is 5.75 Å². The third kappa shape index (κ3) is 4.71. The molecule has 0 aliphatic heterocycles. The molecule has 1 heterocycles. The largest absolute Gasteiger partial charge is 0.496 e. The number of ether oxygens (including phenoxy) is 1. The monoisotopic (exact) mass is 483 g/mol. The van der Waals surface area contributed by atoms with Gasteiger partial charge in [0.05, 0.1) is 19.1 Å². The number of aryl methyl sites for hydroxylation is 1. The fourth-order valence-corrected chi connectivity index (χ4v) is 5.29. The van der Waals surface area contributed by atoms with Crippen LogP contribution in [0.4, 0.5) is 0 Å². The normalized spacial score (nSPS) is 15.9. The summed E-state index contributed by atoms with van der Waals surface area (Å²) in [4.78, 5) is 26.4. The van der Waals surface area contributed by atoms with E-state index in [9.17, 15) is 18.0 Å². The molecule has 1 aliphatic carbocycles. The molecule has 1 aromatic heterocycles. The van der Waals surface area contributed by atoms with E-state index in [1.54, 1.807) is 7.11 Å². The van der Waals surface area contributed by atoms with Crippen LogP contribution in [0.15, 0.2) is 52.2 Å². The van der Waals surface area contributed by atoms with E-state index in [0.29, 0.717) is 17.9 Å². The van der Waals surface area contributed by atoms with Crippen molar-refractivity contribution in [3.63, 3.8) is 0 Å². The number of aromatic amines is 1. The summed E-state index contributed by atoms with van der Waals surface area (Å²) in [7, 11) is -1.69. The fraction of sp³-hybridized carbons (Fsp3) is 0.360. The molecule has 0 spiro atoms. The lowest BCUT2D eigenvalue weighted by atomic mass is 9.83. The third-order valence-electron chi connectivity index (χ3n) is 6.08. The zero-order valence-corrected chi connectivity index (χ0v) is 20.7. The summed E-state index contributed by atoms with van der Waals surface area (Å²) < 4.78 is 33.5. The van der Waals surface area contributed by atoms with Crippen LogP contribution in [0.5, 0.6) is 5.75 Å². The average Bonchev–Trinajstić information content (AvgIpc) is 3.12. The van der Waals surface area contributed by atoms with Crippen LogP contribution in [0, 0.1) is 0 Å². The van der Waals surface area contributed by atoms with Gasteiger partial charge in [-0.05, 0) is 47.1 Å². The molecule has 0 fully saturated rings. The molecular weight excluding hydrogens is 454 g/mol. The summed E-state index contributed by atoms with van der Waals surface area (Å²) in [5.74, 6) is 0.706. The molecule has 1 unspecified atom stereocenters. The van der Waals surface area contributed by atoms with Crippen LogP contribution in [0.25, 0.3) is 16.8 Å². The summed E-state index contributed by atoms with van der Waals surface area (Å²) >= 11 is 0. The van der Waals surface area contributed by atoms with Crippen LogP contribution in [0.1, 0.15) is 49.9 Å². The van der Waals surface area contributed by atoms with Crippen molar-refractivity contribution in [1.82, 2.24) is 14.3 Å². The molecule has 2 aromatic carbocycles. The maximum Gasteiger partial charge on any atom is 0.332 e. The van der Waals surface area contributed by atoms with E-state index >= 15 is 0 Å². The van der Waals surface area contributed by atoms with Crippen molar-refractivity contribution in [1.29, 1.82) is 0 Å². The Morgan fingerprint density at radius 3 is 2.47 bits per heavy atom. The van der Waals surface area contributed by atoms with E-state index in [0.717, 1.165) is 34.2 Å². The van der Waals surface area contributed by atoms with Gasteiger partial charge in [-0.25, -0.2) is 17.9 Å². The van der Waals surface area contributed by atoms with E-state index in [1.165, 1.54) is 23.1 Å². The SMILES string of the molecule is COc1c(-c2ccc3c(c2)CCC3NS(C)(=O)=O)cc(-n2ccc(=O)[nH]c2=O)cc1C(C)(C)C. The lowest BCUT2D eigenvalue weighted by Gasteiger charge is -2.26.